The number of nitrogens with one attached hydrogen (secondary N) is 1. The van der Waals surface area contributed by atoms with Crippen molar-refractivity contribution >= 4 is 11.7 Å². The minimum absolute atomic E-state index is 0.206. The molecule has 0 bridgehead atoms. The summed E-state index contributed by atoms with van der Waals surface area (Å²) in [5, 5.41) is 6.61. The van der Waals surface area contributed by atoms with Crippen LogP contribution in [-0.2, 0) is 6.54 Å². The number of carbonyl (C=O) groups is 1. The van der Waals surface area contributed by atoms with Crippen molar-refractivity contribution in [2.24, 2.45) is 0 Å². The fraction of sp³-hybridized carbons (Fsp3) is 0.250. The Kier molecular flexibility index (Phi) is 3.27. The summed E-state index contributed by atoms with van der Waals surface area (Å²) in [4.78, 5) is 15.7. The predicted molar refractivity (Wildman–Crippen MR) is 65.8 cm³/mol. The van der Waals surface area contributed by atoms with Crippen LogP contribution in [0, 0.1) is 13.8 Å². The van der Waals surface area contributed by atoms with Gasteiger partial charge >= 0.3 is 0 Å². The second-order valence-electron chi connectivity index (χ2n) is 3.96. The number of carbonyl (C=O) groups excluding carboxylic acids is 1. The van der Waals surface area contributed by atoms with E-state index in [0.29, 0.717) is 23.7 Å². The van der Waals surface area contributed by atoms with Gasteiger partial charge < -0.3 is 15.6 Å². The number of amides is 1. The van der Waals surface area contributed by atoms with Crippen LogP contribution in [-0.4, -0.2) is 16.0 Å². The van der Waals surface area contributed by atoms with Crippen molar-refractivity contribution in [2.45, 2.75) is 20.4 Å². The zero-order chi connectivity index (χ0) is 13.1. The van der Waals surface area contributed by atoms with Gasteiger partial charge in [-0.15, -0.1) is 0 Å². The average molecular weight is 246 g/mol. The monoisotopic (exact) mass is 246 g/mol. The third-order valence-corrected chi connectivity index (χ3v) is 2.66. The van der Waals surface area contributed by atoms with Gasteiger partial charge in [0.25, 0.3) is 5.91 Å². The van der Waals surface area contributed by atoms with Crippen LogP contribution in [0.5, 0.6) is 0 Å². The number of hydrogen-bond acceptors (Lipinski definition) is 5. The fourth-order valence-electron chi connectivity index (χ4n) is 1.56. The van der Waals surface area contributed by atoms with E-state index in [1.807, 2.05) is 13.8 Å². The molecule has 0 unspecified atom stereocenters. The first-order valence-corrected chi connectivity index (χ1v) is 5.49. The molecule has 0 aliphatic rings. The minimum atomic E-state index is -0.206. The summed E-state index contributed by atoms with van der Waals surface area (Å²) < 4.78 is 5.02. The first-order valence-electron chi connectivity index (χ1n) is 5.49. The smallest absolute Gasteiger partial charge is 0.253 e. The molecular formula is C12H14N4O2. The highest BCUT2D eigenvalue weighted by atomic mass is 16.5. The van der Waals surface area contributed by atoms with Gasteiger partial charge in [0.05, 0.1) is 11.3 Å². The van der Waals surface area contributed by atoms with Crippen molar-refractivity contribution in [3.63, 3.8) is 0 Å². The number of nitrogens with two attached hydrogens (primary N) is 1. The van der Waals surface area contributed by atoms with Crippen molar-refractivity contribution in [2.75, 3.05) is 5.73 Å². The standard InChI is InChI=1S/C12H14N4O2/c1-7-10(8(2)18-16-7)6-15-12(17)9-3-4-11(13)14-5-9/h3-5H,6H2,1-2H3,(H2,13,14)(H,15,17). The molecule has 0 aliphatic heterocycles. The average Bonchev–Trinajstić information content (AvgIpc) is 2.67. The maximum atomic E-state index is 11.8. The molecule has 2 aromatic rings. The summed E-state index contributed by atoms with van der Waals surface area (Å²) in [6.45, 7) is 4.03. The molecule has 18 heavy (non-hydrogen) atoms. The van der Waals surface area contributed by atoms with Crippen LogP contribution >= 0.6 is 0 Å². The molecule has 6 heteroatoms. The van der Waals surface area contributed by atoms with Gasteiger partial charge in [0.2, 0.25) is 0 Å². The summed E-state index contributed by atoms with van der Waals surface area (Å²) in [5.74, 6) is 0.892. The maximum absolute atomic E-state index is 11.8. The molecule has 6 nitrogen and oxygen atoms in total. The van der Waals surface area contributed by atoms with Gasteiger partial charge in [-0.1, -0.05) is 5.16 Å². The zero-order valence-electron chi connectivity index (χ0n) is 10.2. The number of aromatic nitrogens is 2. The van der Waals surface area contributed by atoms with E-state index in [-0.39, 0.29) is 5.91 Å². The molecule has 1 amide bonds. The number of hydrogen-bond donors (Lipinski definition) is 2. The molecule has 0 fully saturated rings. The highest BCUT2D eigenvalue weighted by Gasteiger charge is 2.11. The van der Waals surface area contributed by atoms with E-state index in [9.17, 15) is 4.79 Å². The Labute approximate surface area is 104 Å². The molecule has 0 aliphatic carbocycles. The second-order valence-corrected chi connectivity index (χ2v) is 3.96. The number of nitrogen functional groups attached to an aromatic ring is 1. The zero-order valence-corrected chi connectivity index (χ0v) is 10.2. The topological polar surface area (TPSA) is 94.0 Å². The van der Waals surface area contributed by atoms with E-state index in [4.69, 9.17) is 10.3 Å². The Hall–Kier alpha value is -2.37. The van der Waals surface area contributed by atoms with E-state index in [2.05, 4.69) is 15.5 Å². The van der Waals surface area contributed by atoms with Crippen LogP contribution in [0.1, 0.15) is 27.4 Å². The van der Waals surface area contributed by atoms with E-state index >= 15 is 0 Å². The molecule has 2 heterocycles. The van der Waals surface area contributed by atoms with E-state index in [0.717, 1.165) is 11.3 Å². The van der Waals surface area contributed by atoms with Crippen LogP contribution in [0.2, 0.25) is 0 Å². The Morgan fingerprint density at radius 1 is 1.44 bits per heavy atom. The largest absolute Gasteiger partial charge is 0.384 e. The molecule has 2 aromatic heterocycles. The van der Waals surface area contributed by atoms with Gasteiger partial charge in [-0.05, 0) is 26.0 Å². The van der Waals surface area contributed by atoms with Crippen LogP contribution in [0.4, 0.5) is 5.82 Å². The third kappa shape index (κ3) is 2.48. The van der Waals surface area contributed by atoms with Crippen molar-refractivity contribution in [3.05, 3.63) is 40.9 Å². The molecule has 3 N–H and O–H groups in total. The highest BCUT2D eigenvalue weighted by molar-refractivity contribution is 5.93. The number of aryl methyl sites for hydroxylation is 2. The Morgan fingerprint density at radius 2 is 2.22 bits per heavy atom. The molecule has 0 radical (unpaired) electrons. The fourth-order valence-corrected chi connectivity index (χ4v) is 1.56. The second kappa shape index (κ2) is 4.87. The number of anilines is 1. The van der Waals surface area contributed by atoms with Crippen molar-refractivity contribution in [3.8, 4) is 0 Å². The molecule has 94 valence electrons. The van der Waals surface area contributed by atoms with Crippen LogP contribution < -0.4 is 11.1 Å². The quantitative estimate of drug-likeness (QED) is 0.848. The Bertz CT molecular complexity index is 540. The Morgan fingerprint density at radius 3 is 2.78 bits per heavy atom. The molecule has 0 atom stereocenters. The van der Waals surface area contributed by atoms with Crippen LogP contribution in [0.3, 0.4) is 0 Å². The predicted octanol–water partition coefficient (Wildman–Crippen LogP) is 1.20. The molecule has 0 saturated carbocycles. The molecule has 0 saturated heterocycles. The molecule has 0 spiro atoms. The number of pyridine rings is 1. The lowest BCUT2D eigenvalue weighted by Crippen LogP contribution is -2.23. The van der Waals surface area contributed by atoms with Gasteiger partial charge in [0, 0.05) is 18.3 Å². The number of nitrogens with zero attached hydrogens (tertiary/aromatic N) is 2. The van der Waals surface area contributed by atoms with Gasteiger partial charge in [-0.25, -0.2) is 4.98 Å². The summed E-state index contributed by atoms with van der Waals surface area (Å²) in [6, 6.07) is 3.22. The summed E-state index contributed by atoms with van der Waals surface area (Å²) in [6.07, 6.45) is 1.44. The van der Waals surface area contributed by atoms with Crippen molar-refractivity contribution in [1.29, 1.82) is 0 Å². The summed E-state index contributed by atoms with van der Waals surface area (Å²) in [5.41, 5.74) is 7.60. The highest BCUT2D eigenvalue weighted by Crippen LogP contribution is 2.11. The summed E-state index contributed by atoms with van der Waals surface area (Å²) in [7, 11) is 0. The first kappa shape index (κ1) is 12.1. The van der Waals surface area contributed by atoms with Crippen LogP contribution in [0.25, 0.3) is 0 Å². The van der Waals surface area contributed by atoms with E-state index < -0.39 is 0 Å². The van der Waals surface area contributed by atoms with Crippen molar-refractivity contribution in [1.82, 2.24) is 15.5 Å². The lowest BCUT2D eigenvalue weighted by atomic mass is 10.2. The van der Waals surface area contributed by atoms with Crippen LogP contribution in [0.15, 0.2) is 22.9 Å². The minimum Gasteiger partial charge on any atom is -0.384 e. The van der Waals surface area contributed by atoms with E-state index in [1.54, 1.807) is 12.1 Å². The summed E-state index contributed by atoms with van der Waals surface area (Å²) >= 11 is 0. The van der Waals surface area contributed by atoms with Crippen molar-refractivity contribution < 1.29 is 9.32 Å². The molecule has 0 aromatic carbocycles. The Balaban J connectivity index is 2.03. The SMILES string of the molecule is Cc1noc(C)c1CNC(=O)c1ccc(N)nc1. The van der Waals surface area contributed by atoms with Gasteiger partial charge in [-0.3, -0.25) is 4.79 Å². The van der Waals surface area contributed by atoms with E-state index in [1.165, 1.54) is 6.20 Å². The van der Waals surface area contributed by atoms with Gasteiger partial charge in [0.15, 0.2) is 0 Å². The lowest BCUT2D eigenvalue weighted by molar-refractivity contribution is 0.0950. The normalized spacial score (nSPS) is 10.3. The van der Waals surface area contributed by atoms with Gasteiger partial charge in [-0.2, -0.15) is 0 Å². The lowest BCUT2D eigenvalue weighted by Gasteiger charge is -2.04. The maximum Gasteiger partial charge on any atom is 0.253 e. The molecule has 2 rings (SSSR count). The third-order valence-electron chi connectivity index (χ3n) is 2.66. The molecular weight excluding hydrogens is 232 g/mol. The first-order chi connectivity index (χ1) is 8.58. The number of rotatable bonds is 3. The van der Waals surface area contributed by atoms with Gasteiger partial charge in [0.1, 0.15) is 11.6 Å².